The zero-order valence-electron chi connectivity index (χ0n) is 11.2. The maximum absolute atomic E-state index is 11.1. The number of hydrogen-bond acceptors (Lipinski definition) is 4. The van der Waals surface area contributed by atoms with Crippen LogP contribution >= 0.6 is 22.7 Å². The fourth-order valence-corrected chi connectivity index (χ4v) is 4.08. The quantitative estimate of drug-likeness (QED) is 0.805. The van der Waals surface area contributed by atoms with Gasteiger partial charge in [-0.2, -0.15) is 0 Å². The number of thiophene rings is 2. The zero-order valence-corrected chi connectivity index (χ0v) is 12.9. The van der Waals surface area contributed by atoms with Crippen molar-refractivity contribution < 1.29 is 4.79 Å². The fraction of sp³-hybridized carbons (Fsp3) is 0.400. The van der Waals surface area contributed by atoms with Crippen LogP contribution in [0.15, 0.2) is 29.0 Å². The van der Waals surface area contributed by atoms with Crippen molar-refractivity contribution in [3.8, 4) is 10.4 Å². The van der Waals surface area contributed by atoms with E-state index in [4.69, 9.17) is 0 Å². The molecule has 0 spiro atoms. The molecule has 1 amide bonds. The van der Waals surface area contributed by atoms with E-state index in [0.717, 1.165) is 26.1 Å². The average Bonchev–Trinajstić information content (AvgIpc) is 3.16. The lowest BCUT2D eigenvalue weighted by Crippen LogP contribution is -2.18. The fourth-order valence-electron chi connectivity index (χ4n) is 2.43. The molecule has 0 aromatic carbocycles. The first-order valence-corrected chi connectivity index (χ1v) is 8.66. The van der Waals surface area contributed by atoms with Gasteiger partial charge in [0.25, 0.3) is 0 Å². The van der Waals surface area contributed by atoms with Crippen molar-refractivity contribution >= 4 is 28.6 Å². The molecular formula is C15H18N2OS2. The number of carbonyl (C=O) groups is 1. The van der Waals surface area contributed by atoms with Crippen LogP contribution in [0.2, 0.25) is 0 Å². The smallest absolute Gasteiger partial charge is 0.220 e. The Morgan fingerprint density at radius 3 is 3.10 bits per heavy atom. The highest BCUT2D eigenvalue weighted by Crippen LogP contribution is 2.29. The Morgan fingerprint density at radius 2 is 2.35 bits per heavy atom. The van der Waals surface area contributed by atoms with E-state index in [1.54, 1.807) is 11.3 Å². The minimum Gasteiger partial charge on any atom is -0.356 e. The summed E-state index contributed by atoms with van der Waals surface area (Å²) >= 11 is 3.59. The minimum atomic E-state index is 0.203. The third-order valence-corrected chi connectivity index (χ3v) is 5.41. The van der Waals surface area contributed by atoms with Crippen LogP contribution in [0, 0.1) is 5.92 Å². The second-order valence-electron chi connectivity index (χ2n) is 5.12. The predicted octanol–water partition coefficient (Wildman–Crippen LogP) is 3.09. The number of hydrogen-bond donors (Lipinski definition) is 2. The molecule has 5 heteroatoms. The first-order valence-electron chi connectivity index (χ1n) is 6.90. The average molecular weight is 306 g/mol. The number of nitrogens with one attached hydrogen (secondary N) is 2. The van der Waals surface area contributed by atoms with Crippen LogP contribution in [0.25, 0.3) is 10.4 Å². The molecule has 0 radical (unpaired) electrons. The van der Waals surface area contributed by atoms with E-state index in [-0.39, 0.29) is 5.91 Å². The highest BCUT2D eigenvalue weighted by atomic mass is 32.1. The van der Waals surface area contributed by atoms with Crippen LogP contribution in [-0.2, 0) is 11.3 Å². The molecule has 3 rings (SSSR count). The first kappa shape index (κ1) is 13.8. The zero-order chi connectivity index (χ0) is 13.8. The monoisotopic (exact) mass is 306 g/mol. The highest BCUT2D eigenvalue weighted by molar-refractivity contribution is 7.14. The molecule has 0 aliphatic carbocycles. The van der Waals surface area contributed by atoms with Gasteiger partial charge >= 0.3 is 0 Å². The predicted molar refractivity (Wildman–Crippen MR) is 85.1 cm³/mol. The van der Waals surface area contributed by atoms with Crippen LogP contribution in [0.5, 0.6) is 0 Å². The molecule has 1 aliphatic heterocycles. The molecule has 2 aromatic rings. The van der Waals surface area contributed by atoms with Crippen molar-refractivity contribution in [2.24, 2.45) is 5.92 Å². The number of carbonyl (C=O) groups excluding carboxylic acids is 1. The lowest BCUT2D eigenvalue weighted by atomic mass is 10.1. The standard InChI is InChI=1S/C15H18N2OS2/c18-15-6-11(8-17-15)3-4-16-9-13-7-12(10-20-13)14-2-1-5-19-14/h1-2,5,7,10-11,16H,3-4,6,8-9H2,(H,17,18). The van der Waals surface area contributed by atoms with Gasteiger partial charge in [0.2, 0.25) is 5.91 Å². The van der Waals surface area contributed by atoms with Crippen molar-refractivity contribution in [3.63, 3.8) is 0 Å². The van der Waals surface area contributed by atoms with E-state index >= 15 is 0 Å². The maximum atomic E-state index is 11.1. The lowest BCUT2D eigenvalue weighted by molar-refractivity contribution is -0.119. The van der Waals surface area contributed by atoms with E-state index in [1.165, 1.54) is 15.3 Å². The molecule has 1 saturated heterocycles. The van der Waals surface area contributed by atoms with Crippen LogP contribution in [0.1, 0.15) is 17.7 Å². The summed E-state index contributed by atoms with van der Waals surface area (Å²) < 4.78 is 0. The summed E-state index contributed by atoms with van der Waals surface area (Å²) in [6.45, 7) is 2.75. The Morgan fingerprint density at radius 1 is 1.40 bits per heavy atom. The molecule has 2 N–H and O–H groups in total. The molecule has 0 bridgehead atoms. The third-order valence-electron chi connectivity index (χ3n) is 3.55. The second kappa shape index (κ2) is 6.52. The topological polar surface area (TPSA) is 41.1 Å². The van der Waals surface area contributed by atoms with Crippen LogP contribution in [0.3, 0.4) is 0 Å². The molecule has 1 aliphatic rings. The molecule has 1 unspecified atom stereocenters. The lowest BCUT2D eigenvalue weighted by Gasteiger charge is -2.07. The molecule has 2 aromatic heterocycles. The summed E-state index contributed by atoms with van der Waals surface area (Å²) in [6.07, 6.45) is 1.77. The van der Waals surface area contributed by atoms with E-state index in [2.05, 4.69) is 39.6 Å². The van der Waals surface area contributed by atoms with Crippen LogP contribution in [-0.4, -0.2) is 19.0 Å². The molecule has 1 fully saturated rings. The van der Waals surface area contributed by atoms with Gasteiger partial charge in [0.1, 0.15) is 0 Å². The van der Waals surface area contributed by atoms with Crippen molar-refractivity contribution in [1.29, 1.82) is 0 Å². The Bertz CT molecular complexity index is 562. The van der Waals surface area contributed by atoms with Gasteiger partial charge in [0.15, 0.2) is 0 Å². The normalized spacial score (nSPS) is 18.4. The summed E-state index contributed by atoms with van der Waals surface area (Å²) in [5.74, 6) is 0.717. The van der Waals surface area contributed by atoms with Crippen LogP contribution < -0.4 is 10.6 Å². The van der Waals surface area contributed by atoms with Gasteiger partial charge in [-0.25, -0.2) is 0 Å². The van der Waals surface area contributed by atoms with Gasteiger partial charge < -0.3 is 10.6 Å². The number of rotatable bonds is 6. The van der Waals surface area contributed by atoms with Gasteiger partial charge in [-0.1, -0.05) is 6.07 Å². The summed E-state index contributed by atoms with van der Waals surface area (Å²) in [6, 6.07) is 6.52. The second-order valence-corrected chi connectivity index (χ2v) is 7.06. The molecular weight excluding hydrogens is 288 g/mol. The van der Waals surface area contributed by atoms with Crippen molar-refractivity contribution in [1.82, 2.24) is 10.6 Å². The third kappa shape index (κ3) is 3.48. The molecule has 1 atom stereocenters. The van der Waals surface area contributed by atoms with E-state index < -0.39 is 0 Å². The molecule has 0 saturated carbocycles. The van der Waals surface area contributed by atoms with Crippen molar-refractivity contribution in [2.75, 3.05) is 13.1 Å². The molecule has 20 heavy (non-hydrogen) atoms. The van der Waals surface area contributed by atoms with Crippen molar-refractivity contribution in [2.45, 2.75) is 19.4 Å². The SMILES string of the molecule is O=C1CC(CCNCc2cc(-c3cccs3)cs2)CN1. The number of amides is 1. The summed E-state index contributed by atoms with van der Waals surface area (Å²) in [4.78, 5) is 13.8. The Balaban J connectivity index is 1.41. The first-order chi connectivity index (χ1) is 9.81. The van der Waals surface area contributed by atoms with Gasteiger partial charge in [-0.15, -0.1) is 22.7 Å². The minimum absolute atomic E-state index is 0.203. The van der Waals surface area contributed by atoms with Gasteiger partial charge in [-0.3, -0.25) is 4.79 Å². The highest BCUT2D eigenvalue weighted by Gasteiger charge is 2.20. The molecule has 3 nitrogen and oxygen atoms in total. The molecule has 106 valence electrons. The molecule has 3 heterocycles. The van der Waals surface area contributed by atoms with Gasteiger partial charge in [0, 0.05) is 34.8 Å². The summed E-state index contributed by atoms with van der Waals surface area (Å²) in [5, 5.41) is 10.7. The van der Waals surface area contributed by atoms with Gasteiger partial charge in [-0.05, 0) is 41.8 Å². The van der Waals surface area contributed by atoms with Crippen LogP contribution in [0.4, 0.5) is 0 Å². The Hall–Kier alpha value is -1.17. The summed E-state index contributed by atoms with van der Waals surface area (Å²) in [5.41, 5.74) is 1.33. The largest absolute Gasteiger partial charge is 0.356 e. The van der Waals surface area contributed by atoms with E-state index in [0.29, 0.717) is 12.3 Å². The van der Waals surface area contributed by atoms with Crippen molar-refractivity contribution in [3.05, 3.63) is 33.8 Å². The van der Waals surface area contributed by atoms with Gasteiger partial charge in [0.05, 0.1) is 0 Å². The Kier molecular flexibility index (Phi) is 4.50. The Labute approximate surface area is 127 Å². The van der Waals surface area contributed by atoms with E-state index in [1.807, 2.05) is 11.3 Å². The van der Waals surface area contributed by atoms with E-state index in [9.17, 15) is 4.79 Å². The summed E-state index contributed by atoms with van der Waals surface area (Å²) in [7, 11) is 0. The maximum Gasteiger partial charge on any atom is 0.220 e.